The van der Waals surface area contributed by atoms with E-state index in [1.165, 1.54) is 7.11 Å². The first-order valence-electron chi connectivity index (χ1n) is 6.31. The van der Waals surface area contributed by atoms with Crippen LogP contribution in [0.5, 0.6) is 0 Å². The predicted molar refractivity (Wildman–Crippen MR) is 84.7 cm³/mol. The van der Waals surface area contributed by atoms with Crippen molar-refractivity contribution in [3.63, 3.8) is 0 Å². The molecule has 1 aromatic carbocycles. The van der Waals surface area contributed by atoms with Crippen molar-refractivity contribution in [1.82, 2.24) is 4.98 Å². The van der Waals surface area contributed by atoms with Crippen LogP contribution in [0, 0.1) is 6.92 Å². The number of carbonyl (C=O) groups is 1. The van der Waals surface area contributed by atoms with Gasteiger partial charge in [0, 0.05) is 18.3 Å². The second kappa shape index (κ2) is 6.01. The van der Waals surface area contributed by atoms with Crippen molar-refractivity contribution in [2.75, 3.05) is 25.2 Å². The summed E-state index contributed by atoms with van der Waals surface area (Å²) in [5, 5.41) is 3.16. The molecular weight excluding hydrogens is 290 g/mol. The van der Waals surface area contributed by atoms with E-state index in [0.717, 1.165) is 16.8 Å². The van der Waals surface area contributed by atoms with Gasteiger partial charge in [-0.1, -0.05) is 23.7 Å². The Morgan fingerprint density at radius 3 is 2.48 bits per heavy atom. The molecule has 21 heavy (non-hydrogen) atoms. The first-order chi connectivity index (χ1) is 9.99. The fraction of sp³-hybridized carbons (Fsp3) is 0.200. The maximum absolute atomic E-state index is 11.7. The lowest BCUT2D eigenvalue weighted by atomic mass is 10.0. The zero-order chi connectivity index (χ0) is 15.6. The van der Waals surface area contributed by atoms with Crippen LogP contribution < -0.4 is 11.1 Å². The lowest BCUT2D eigenvalue weighted by Gasteiger charge is -2.13. The monoisotopic (exact) mass is 305 g/mol. The Bertz CT molecular complexity index is 684. The first kappa shape index (κ1) is 15.1. The fourth-order valence-corrected chi connectivity index (χ4v) is 2.23. The summed E-state index contributed by atoms with van der Waals surface area (Å²) < 4.78 is 4.69. The van der Waals surface area contributed by atoms with Gasteiger partial charge in [0.1, 0.15) is 0 Å². The van der Waals surface area contributed by atoms with Gasteiger partial charge in [-0.15, -0.1) is 0 Å². The number of pyridine rings is 1. The van der Waals surface area contributed by atoms with E-state index >= 15 is 0 Å². The second-order valence-electron chi connectivity index (χ2n) is 4.48. The van der Waals surface area contributed by atoms with Crippen LogP contribution in [0.15, 0.2) is 24.3 Å². The van der Waals surface area contributed by atoms with Crippen LogP contribution in [0.2, 0.25) is 5.02 Å². The summed E-state index contributed by atoms with van der Waals surface area (Å²) in [4.78, 5) is 16.1. The molecule has 0 saturated carbocycles. The molecule has 0 aliphatic rings. The summed E-state index contributed by atoms with van der Waals surface area (Å²) in [7, 11) is 3.12. The Kier molecular flexibility index (Phi) is 4.33. The minimum absolute atomic E-state index is 0.0231. The smallest absolute Gasteiger partial charge is 0.358 e. The molecule has 0 atom stereocenters. The Labute approximate surface area is 128 Å². The van der Waals surface area contributed by atoms with E-state index in [1.54, 1.807) is 0 Å². The molecule has 0 unspecified atom stereocenters. The quantitative estimate of drug-likeness (QED) is 0.852. The summed E-state index contributed by atoms with van der Waals surface area (Å²) in [5.74, 6) is -0.611. The summed E-state index contributed by atoms with van der Waals surface area (Å²) in [6, 6.07) is 7.63. The number of nitrogens with zero attached hydrogens (tertiary/aromatic N) is 1. The second-order valence-corrected chi connectivity index (χ2v) is 4.86. The number of nitrogens with one attached hydrogen (secondary N) is 1. The van der Waals surface area contributed by atoms with Crippen LogP contribution in [0.3, 0.4) is 0 Å². The van der Waals surface area contributed by atoms with Gasteiger partial charge in [-0.25, -0.2) is 9.78 Å². The number of nitrogens with two attached hydrogens (primary N) is 1. The molecule has 2 aromatic rings. The van der Waals surface area contributed by atoms with Crippen LogP contribution in [0.4, 0.5) is 11.4 Å². The third-order valence-electron chi connectivity index (χ3n) is 3.25. The van der Waals surface area contributed by atoms with Gasteiger partial charge < -0.3 is 15.8 Å². The van der Waals surface area contributed by atoms with E-state index in [0.29, 0.717) is 11.4 Å². The third kappa shape index (κ3) is 2.78. The summed E-state index contributed by atoms with van der Waals surface area (Å²) in [6.07, 6.45) is 0. The molecule has 1 heterocycles. The van der Waals surface area contributed by atoms with Gasteiger partial charge in [0.2, 0.25) is 0 Å². The summed E-state index contributed by atoms with van der Waals surface area (Å²) in [5.41, 5.74) is 9.50. The number of nitrogen functional groups attached to an aromatic ring is 1. The molecule has 3 N–H and O–H groups in total. The van der Waals surface area contributed by atoms with Gasteiger partial charge in [-0.3, -0.25) is 0 Å². The van der Waals surface area contributed by atoms with Crippen molar-refractivity contribution in [2.45, 2.75) is 6.92 Å². The predicted octanol–water partition coefficient (Wildman–Crippen LogP) is 3.12. The molecule has 2 rings (SSSR count). The molecule has 0 aliphatic heterocycles. The van der Waals surface area contributed by atoms with E-state index in [1.807, 2.05) is 38.2 Å². The molecule has 6 heteroatoms. The zero-order valence-electron chi connectivity index (χ0n) is 12.0. The first-order valence-corrected chi connectivity index (χ1v) is 6.69. The molecule has 0 bridgehead atoms. The highest BCUT2D eigenvalue weighted by Gasteiger charge is 2.20. The highest BCUT2D eigenvalue weighted by Crippen LogP contribution is 2.33. The third-order valence-corrected chi connectivity index (χ3v) is 3.64. The lowest BCUT2D eigenvalue weighted by Crippen LogP contribution is -2.09. The average Bonchev–Trinajstić information content (AvgIpc) is 2.52. The highest BCUT2D eigenvalue weighted by molar-refractivity contribution is 6.36. The number of ether oxygens (including phenoxy) is 1. The standard InChI is InChI=1S/C15H16ClN3O2/c1-8-12(17)11(16)14(15(20)21-3)19-13(8)9-4-6-10(18-2)7-5-9/h4-7,18H,1-3H3,(H2,17,19). The van der Waals surface area contributed by atoms with Gasteiger partial charge in [-0.05, 0) is 24.6 Å². The molecule has 5 nitrogen and oxygen atoms in total. The summed E-state index contributed by atoms with van der Waals surface area (Å²) >= 11 is 6.08. The van der Waals surface area contributed by atoms with Crippen LogP contribution in [-0.2, 0) is 4.74 Å². The number of anilines is 2. The van der Waals surface area contributed by atoms with Crippen molar-refractivity contribution < 1.29 is 9.53 Å². The van der Waals surface area contributed by atoms with E-state index in [2.05, 4.69) is 15.0 Å². The molecule has 0 saturated heterocycles. The Morgan fingerprint density at radius 1 is 1.33 bits per heavy atom. The van der Waals surface area contributed by atoms with Gasteiger partial charge >= 0.3 is 5.97 Å². The topological polar surface area (TPSA) is 77.2 Å². The van der Waals surface area contributed by atoms with Gasteiger partial charge in [0.05, 0.1) is 23.5 Å². The number of rotatable bonds is 3. The van der Waals surface area contributed by atoms with E-state index in [-0.39, 0.29) is 10.7 Å². The molecule has 1 aromatic heterocycles. The number of benzene rings is 1. The minimum Gasteiger partial charge on any atom is -0.464 e. The molecule has 0 aliphatic carbocycles. The SMILES string of the molecule is CNc1ccc(-c2nc(C(=O)OC)c(Cl)c(N)c2C)cc1. The van der Waals surface area contributed by atoms with Crippen LogP contribution >= 0.6 is 11.6 Å². The van der Waals surface area contributed by atoms with Gasteiger partial charge in [0.15, 0.2) is 5.69 Å². The number of aromatic nitrogens is 1. The van der Waals surface area contributed by atoms with E-state index in [4.69, 9.17) is 17.3 Å². The number of hydrogen-bond donors (Lipinski definition) is 2. The fourth-order valence-electron chi connectivity index (χ4n) is 1.97. The molecule has 0 radical (unpaired) electrons. The minimum atomic E-state index is -0.611. The van der Waals surface area contributed by atoms with Gasteiger partial charge in [-0.2, -0.15) is 0 Å². The Balaban J connectivity index is 2.62. The number of esters is 1. The van der Waals surface area contributed by atoms with Crippen molar-refractivity contribution in [1.29, 1.82) is 0 Å². The zero-order valence-corrected chi connectivity index (χ0v) is 12.8. The number of carbonyl (C=O) groups excluding carboxylic acids is 1. The molecule has 0 fully saturated rings. The maximum Gasteiger partial charge on any atom is 0.358 e. The molecule has 0 spiro atoms. The van der Waals surface area contributed by atoms with Crippen LogP contribution in [0.1, 0.15) is 16.1 Å². The number of hydrogen-bond acceptors (Lipinski definition) is 5. The van der Waals surface area contributed by atoms with E-state index < -0.39 is 5.97 Å². The average molecular weight is 306 g/mol. The van der Waals surface area contributed by atoms with Crippen LogP contribution in [0.25, 0.3) is 11.3 Å². The number of halogens is 1. The van der Waals surface area contributed by atoms with Crippen molar-refractivity contribution in [2.24, 2.45) is 0 Å². The Morgan fingerprint density at radius 2 is 1.95 bits per heavy atom. The summed E-state index contributed by atoms with van der Waals surface area (Å²) in [6.45, 7) is 1.82. The molecular formula is C15H16ClN3O2. The normalized spacial score (nSPS) is 10.3. The lowest BCUT2D eigenvalue weighted by molar-refractivity contribution is 0.0594. The van der Waals surface area contributed by atoms with Gasteiger partial charge in [0.25, 0.3) is 0 Å². The molecule has 0 amide bonds. The number of methoxy groups -OCH3 is 1. The molecule has 110 valence electrons. The van der Waals surface area contributed by atoms with Crippen molar-refractivity contribution >= 4 is 28.9 Å². The van der Waals surface area contributed by atoms with E-state index in [9.17, 15) is 4.79 Å². The highest BCUT2D eigenvalue weighted by atomic mass is 35.5. The Hall–Kier alpha value is -2.27. The van der Waals surface area contributed by atoms with Crippen molar-refractivity contribution in [3.8, 4) is 11.3 Å². The van der Waals surface area contributed by atoms with Crippen LogP contribution in [-0.4, -0.2) is 25.1 Å². The maximum atomic E-state index is 11.7. The largest absolute Gasteiger partial charge is 0.464 e. The van der Waals surface area contributed by atoms with Crippen molar-refractivity contribution in [3.05, 3.63) is 40.5 Å².